The maximum atomic E-state index is 12.3. The Kier molecular flexibility index (Phi) is 2.30. The van der Waals surface area contributed by atoms with E-state index >= 15 is 0 Å². The fourth-order valence-corrected chi connectivity index (χ4v) is 3.16. The highest BCUT2D eigenvalue weighted by Crippen LogP contribution is 2.47. The first kappa shape index (κ1) is 11.4. The predicted molar refractivity (Wildman–Crippen MR) is 74.0 cm³/mol. The molecule has 96 valence electrons. The van der Waals surface area contributed by atoms with Crippen LogP contribution in [0.1, 0.15) is 39.2 Å². The molecule has 3 N–H and O–H groups in total. The minimum absolute atomic E-state index is 0.138. The fourth-order valence-electron chi connectivity index (χ4n) is 3.16. The van der Waals surface area contributed by atoms with Gasteiger partial charge in [0.25, 0.3) is 0 Å². The highest BCUT2D eigenvalue weighted by atomic mass is 16.2. The van der Waals surface area contributed by atoms with Gasteiger partial charge >= 0.3 is 0 Å². The number of amides is 1. The molecule has 18 heavy (non-hydrogen) atoms. The third-order valence-electron chi connectivity index (χ3n) is 4.31. The number of fused-ring (bicyclic) bond motifs is 2. The van der Waals surface area contributed by atoms with Gasteiger partial charge in [0.15, 0.2) is 0 Å². The Hall–Kier alpha value is -1.71. The Balaban J connectivity index is 2.14. The summed E-state index contributed by atoms with van der Waals surface area (Å²) in [6.07, 6.45) is 1.92. The van der Waals surface area contributed by atoms with Gasteiger partial charge < -0.3 is 16.0 Å². The number of hydrogen-bond acceptors (Lipinski definition) is 3. The molecule has 0 aromatic heterocycles. The average Bonchev–Trinajstić information content (AvgIpc) is 2.82. The summed E-state index contributed by atoms with van der Waals surface area (Å²) in [6.45, 7) is 6.25. The standard InChI is InChI=1S/C14H19N3O/c1-4-14(5-2)9-6-11-12(16-8(3)15-11)7-10(9)17-13(14)18/h6-8,15-16H,4-5H2,1-3H3,(H,17,18). The molecule has 1 unspecified atom stereocenters. The van der Waals surface area contributed by atoms with Crippen molar-refractivity contribution in [3.8, 4) is 0 Å². The third-order valence-corrected chi connectivity index (χ3v) is 4.31. The van der Waals surface area contributed by atoms with Crippen LogP contribution in [0.4, 0.5) is 17.1 Å². The molecule has 0 fully saturated rings. The van der Waals surface area contributed by atoms with Gasteiger partial charge in [0.05, 0.1) is 23.0 Å². The summed E-state index contributed by atoms with van der Waals surface area (Å²) in [5.41, 5.74) is 3.93. The number of anilines is 3. The minimum atomic E-state index is -0.349. The van der Waals surface area contributed by atoms with Crippen molar-refractivity contribution in [2.75, 3.05) is 16.0 Å². The van der Waals surface area contributed by atoms with Crippen molar-refractivity contribution in [1.82, 2.24) is 0 Å². The van der Waals surface area contributed by atoms with Gasteiger partial charge in [0.1, 0.15) is 0 Å². The molecule has 0 saturated carbocycles. The smallest absolute Gasteiger partial charge is 0.235 e. The molecular weight excluding hydrogens is 226 g/mol. The van der Waals surface area contributed by atoms with Gasteiger partial charge in [0.2, 0.25) is 5.91 Å². The van der Waals surface area contributed by atoms with Crippen molar-refractivity contribution in [3.05, 3.63) is 17.7 Å². The molecule has 1 amide bonds. The second kappa shape index (κ2) is 3.64. The molecule has 4 nitrogen and oxygen atoms in total. The van der Waals surface area contributed by atoms with Crippen LogP contribution in [0.25, 0.3) is 0 Å². The zero-order chi connectivity index (χ0) is 12.9. The Morgan fingerprint density at radius 3 is 2.33 bits per heavy atom. The summed E-state index contributed by atoms with van der Waals surface area (Å²) in [6, 6.07) is 4.18. The average molecular weight is 245 g/mol. The second-order valence-electron chi connectivity index (χ2n) is 5.20. The maximum Gasteiger partial charge on any atom is 0.235 e. The van der Waals surface area contributed by atoms with Crippen LogP contribution in [-0.2, 0) is 10.2 Å². The van der Waals surface area contributed by atoms with Crippen LogP contribution < -0.4 is 16.0 Å². The van der Waals surface area contributed by atoms with E-state index in [0.717, 1.165) is 35.5 Å². The van der Waals surface area contributed by atoms with Crippen molar-refractivity contribution in [1.29, 1.82) is 0 Å². The first-order chi connectivity index (χ1) is 8.60. The van der Waals surface area contributed by atoms with Crippen LogP contribution in [0.5, 0.6) is 0 Å². The Morgan fingerprint density at radius 2 is 1.72 bits per heavy atom. The summed E-state index contributed by atoms with van der Waals surface area (Å²) < 4.78 is 0. The predicted octanol–water partition coefficient (Wildman–Crippen LogP) is 2.88. The highest BCUT2D eigenvalue weighted by molar-refractivity contribution is 6.07. The van der Waals surface area contributed by atoms with Crippen LogP contribution in [0.15, 0.2) is 12.1 Å². The van der Waals surface area contributed by atoms with E-state index in [1.807, 2.05) is 6.07 Å². The first-order valence-corrected chi connectivity index (χ1v) is 6.63. The summed E-state index contributed by atoms with van der Waals surface area (Å²) >= 11 is 0. The van der Waals surface area contributed by atoms with E-state index in [1.54, 1.807) is 0 Å². The van der Waals surface area contributed by atoms with E-state index in [2.05, 4.69) is 42.8 Å². The van der Waals surface area contributed by atoms with Gasteiger partial charge in [-0.2, -0.15) is 0 Å². The van der Waals surface area contributed by atoms with Gasteiger partial charge in [0, 0.05) is 5.69 Å². The molecule has 3 rings (SSSR count). The number of carbonyl (C=O) groups is 1. The maximum absolute atomic E-state index is 12.3. The van der Waals surface area contributed by atoms with E-state index in [9.17, 15) is 4.79 Å². The quantitative estimate of drug-likeness (QED) is 0.751. The third kappa shape index (κ3) is 1.29. The molecular formula is C14H19N3O. The fraction of sp³-hybridized carbons (Fsp3) is 0.500. The molecule has 4 heteroatoms. The van der Waals surface area contributed by atoms with E-state index in [0.29, 0.717) is 0 Å². The molecule has 0 bridgehead atoms. The number of benzene rings is 1. The molecule has 2 aliphatic heterocycles. The van der Waals surface area contributed by atoms with Crippen molar-refractivity contribution in [2.24, 2.45) is 0 Å². The van der Waals surface area contributed by atoms with Crippen LogP contribution in [-0.4, -0.2) is 12.1 Å². The van der Waals surface area contributed by atoms with Crippen LogP contribution in [0.3, 0.4) is 0 Å². The molecule has 0 aliphatic carbocycles. The van der Waals surface area contributed by atoms with Crippen LogP contribution in [0, 0.1) is 0 Å². The summed E-state index contributed by atoms with van der Waals surface area (Å²) in [5.74, 6) is 0.138. The molecule has 0 saturated heterocycles. The lowest BCUT2D eigenvalue weighted by Gasteiger charge is -2.24. The van der Waals surface area contributed by atoms with E-state index in [4.69, 9.17) is 0 Å². The van der Waals surface area contributed by atoms with E-state index in [-0.39, 0.29) is 17.5 Å². The second-order valence-corrected chi connectivity index (χ2v) is 5.20. The molecule has 2 heterocycles. The van der Waals surface area contributed by atoms with Crippen molar-refractivity contribution < 1.29 is 4.79 Å². The number of hydrogen-bond donors (Lipinski definition) is 3. The van der Waals surface area contributed by atoms with E-state index in [1.165, 1.54) is 0 Å². The van der Waals surface area contributed by atoms with Gasteiger partial charge in [-0.3, -0.25) is 4.79 Å². The van der Waals surface area contributed by atoms with Gasteiger partial charge in [-0.15, -0.1) is 0 Å². The molecule has 0 radical (unpaired) electrons. The Labute approximate surface area is 107 Å². The SMILES string of the molecule is CCC1(CC)C(=O)Nc2cc3c(cc21)NC(C)N3. The van der Waals surface area contributed by atoms with Crippen LogP contribution >= 0.6 is 0 Å². The van der Waals surface area contributed by atoms with Gasteiger partial charge in [-0.1, -0.05) is 13.8 Å². The van der Waals surface area contributed by atoms with Crippen molar-refractivity contribution in [2.45, 2.75) is 45.2 Å². The van der Waals surface area contributed by atoms with Crippen molar-refractivity contribution >= 4 is 23.0 Å². The van der Waals surface area contributed by atoms with Gasteiger partial charge in [-0.05, 0) is 37.5 Å². The van der Waals surface area contributed by atoms with E-state index < -0.39 is 0 Å². The summed E-state index contributed by atoms with van der Waals surface area (Å²) in [5, 5.41) is 9.75. The lowest BCUT2D eigenvalue weighted by Crippen LogP contribution is -2.32. The zero-order valence-electron chi connectivity index (χ0n) is 11.1. The lowest BCUT2D eigenvalue weighted by atomic mass is 9.77. The highest BCUT2D eigenvalue weighted by Gasteiger charge is 2.44. The molecule has 2 aliphatic rings. The lowest BCUT2D eigenvalue weighted by molar-refractivity contribution is -0.121. The topological polar surface area (TPSA) is 53.2 Å². The first-order valence-electron chi connectivity index (χ1n) is 6.63. The van der Waals surface area contributed by atoms with Crippen molar-refractivity contribution in [3.63, 3.8) is 0 Å². The Bertz CT molecular complexity index is 520. The summed E-state index contributed by atoms with van der Waals surface area (Å²) in [7, 11) is 0. The minimum Gasteiger partial charge on any atom is -0.364 e. The zero-order valence-corrected chi connectivity index (χ0v) is 11.1. The van der Waals surface area contributed by atoms with Gasteiger partial charge in [-0.25, -0.2) is 0 Å². The molecule has 1 aromatic carbocycles. The monoisotopic (exact) mass is 245 g/mol. The molecule has 0 spiro atoms. The number of rotatable bonds is 2. The number of carbonyl (C=O) groups excluding carboxylic acids is 1. The van der Waals surface area contributed by atoms with Crippen LogP contribution in [0.2, 0.25) is 0 Å². The molecule has 1 atom stereocenters. The largest absolute Gasteiger partial charge is 0.364 e. The molecule has 1 aromatic rings. The normalized spacial score (nSPS) is 22.8. The Morgan fingerprint density at radius 1 is 1.11 bits per heavy atom. The number of nitrogens with one attached hydrogen (secondary N) is 3. The summed E-state index contributed by atoms with van der Waals surface area (Å²) in [4.78, 5) is 12.3.